The molecule has 136 valence electrons. The van der Waals surface area contributed by atoms with Crippen molar-refractivity contribution in [3.63, 3.8) is 0 Å². The van der Waals surface area contributed by atoms with E-state index in [4.69, 9.17) is 16.1 Å². The maximum atomic E-state index is 13.1. The van der Waals surface area contributed by atoms with E-state index in [1.165, 1.54) is 0 Å². The minimum absolute atomic E-state index is 0.0577. The van der Waals surface area contributed by atoms with E-state index in [0.717, 1.165) is 18.4 Å². The van der Waals surface area contributed by atoms with E-state index in [2.05, 4.69) is 5.16 Å². The van der Waals surface area contributed by atoms with Gasteiger partial charge >= 0.3 is 0 Å². The van der Waals surface area contributed by atoms with Gasteiger partial charge in [0.05, 0.1) is 11.1 Å². The van der Waals surface area contributed by atoms with Crippen LogP contribution in [0.15, 0.2) is 34.9 Å². The van der Waals surface area contributed by atoms with Gasteiger partial charge < -0.3 is 14.3 Å². The van der Waals surface area contributed by atoms with Gasteiger partial charge in [-0.25, -0.2) is 0 Å². The highest BCUT2D eigenvalue weighted by Crippen LogP contribution is 2.50. The molecule has 0 unspecified atom stereocenters. The minimum atomic E-state index is -0.563. The van der Waals surface area contributed by atoms with Crippen LogP contribution in [0.25, 0.3) is 11.3 Å². The first-order chi connectivity index (χ1) is 12.5. The van der Waals surface area contributed by atoms with Gasteiger partial charge in [-0.05, 0) is 37.1 Å². The molecule has 1 aliphatic heterocycles. The molecule has 7 heteroatoms. The first-order valence-corrected chi connectivity index (χ1v) is 9.15. The lowest BCUT2D eigenvalue weighted by Gasteiger charge is -2.35. The summed E-state index contributed by atoms with van der Waals surface area (Å²) in [6, 6.07) is 9.20. The Morgan fingerprint density at radius 3 is 2.27 bits per heavy atom. The van der Waals surface area contributed by atoms with Gasteiger partial charge in [0, 0.05) is 49.8 Å². The molecule has 0 atom stereocenters. The zero-order valence-electron chi connectivity index (χ0n) is 14.6. The number of piperazine rings is 1. The number of aromatic nitrogens is 1. The van der Waals surface area contributed by atoms with Gasteiger partial charge in [-0.3, -0.25) is 9.59 Å². The normalized spacial score (nSPS) is 18.7. The van der Waals surface area contributed by atoms with Gasteiger partial charge in [0.2, 0.25) is 11.8 Å². The van der Waals surface area contributed by atoms with Crippen LogP contribution >= 0.6 is 11.6 Å². The molecule has 2 aliphatic rings. The Labute approximate surface area is 156 Å². The van der Waals surface area contributed by atoms with E-state index >= 15 is 0 Å². The SMILES string of the molecule is CC(=O)N1CCN(C(=O)C2(c3cc(-c4ccc(Cl)cc4)on3)CC2)CC1. The van der Waals surface area contributed by atoms with Crippen LogP contribution in [0.4, 0.5) is 0 Å². The minimum Gasteiger partial charge on any atom is -0.356 e. The van der Waals surface area contributed by atoms with E-state index < -0.39 is 5.41 Å². The molecular weight excluding hydrogens is 354 g/mol. The Morgan fingerprint density at radius 2 is 1.69 bits per heavy atom. The van der Waals surface area contributed by atoms with Crippen molar-refractivity contribution in [2.75, 3.05) is 26.2 Å². The molecule has 6 nitrogen and oxygen atoms in total. The van der Waals surface area contributed by atoms with E-state index in [1.807, 2.05) is 23.1 Å². The number of amides is 2. The third kappa shape index (κ3) is 2.98. The number of nitrogens with zero attached hydrogens (tertiary/aromatic N) is 3. The van der Waals surface area contributed by atoms with Crippen LogP contribution in [0, 0.1) is 0 Å². The Bertz CT molecular complexity index is 834. The summed E-state index contributed by atoms with van der Waals surface area (Å²) in [7, 11) is 0. The monoisotopic (exact) mass is 373 g/mol. The number of halogens is 1. The molecule has 1 saturated heterocycles. The topological polar surface area (TPSA) is 66.7 Å². The molecule has 0 N–H and O–H groups in total. The maximum Gasteiger partial charge on any atom is 0.235 e. The molecule has 1 aliphatic carbocycles. The van der Waals surface area contributed by atoms with Gasteiger partial charge in [0.1, 0.15) is 0 Å². The lowest BCUT2D eigenvalue weighted by molar-refractivity contribution is -0.140. The van der Waals surface area contributed by atoms with Crippen LogP contribution < -0.4 is 0 Å². The largest absolute Gasteiger partial charge is 0.356 e. The molecule has 0 radical (unpaired) electrons. The summed E-state index contributed by atoms with van der Waals surface area (Å²) in [5.74, 6) is 0.788. The summed E-state index contributed by atoms with van der Waals surface area (Å²) in [5, 5.41) is 4.85. The van der Waals surface area contributed by atoms with Gasteiger partial charge in [-0.1, -0.05) is 16.8 Å². The van der Waals surface area contributed by atoms with Gasteiger partial charge in [0.15, 0.2) is 5.76 Å². The summed E-state index contributed by atoms with van der Waals surface area (Å²) < 4.78 is 5.49. The second kappa shape index (κ2) is 6.43. The Hall–Kier alpha value is -2.34. The Kier molecular flexibility index (Phi) is 4.23. The molecule has 1 aromatic heterocycles. The smallest absolute Gasteiger partial charge is 0.235 e. The van der Waals surface area contributed by atoms with Gasteiger partial charge in [-0.15, -0.1) is 0 Å². The molecular formula is C19H20ClN3O3. The standard InChI is InChI=1S/C19H20ClN3O3/c1-13(24)22-8-10-23(11-9-22)18(25)19(6-7-19)17-12-16(26-21-17)14-2-4-15(20)5-3-14/h2-5,12H,6-11H2,1H3. The molecule has 2 heterocycles. The van der Waals surface area contributed by atoms with Crippen LogP contribution in [0.1, 0.15) is 25.5 Å². The van der Waals surface area contributed by atoms with Crippen molar-refractivity contribution in [2.45, 2.75) is 25.2 Å². The van der Waals surface area contributed by atoms with Crippen LogP contribution in [0.2, 0.25) is 5.02 Å². The average molecular weight is 374 g/mol. The van der Waals surface area contributed by atoms with E-state index in [9.17, 15) is 9.59 Å². The molecule has 1 saturated carbocycles. The Morgan fingerprint density at radius 1 is 1.08 bits per heavy atom. The zero-order chi connectivity index (χ0) is 18.3. The van der Waals surface area contributed by atoms with E-state index in [-0.39, 0.29) is 11.8 Å². The lowest BCUT2D eigenvalue weighted by atomic mass is 9.99. The van der Waals surface area contributed by atoms with Crippen molar-refractivity contribution in [3.05, 3.63) is 41.0 Å². The number of carbonyl (C=O) groups excluding carboxylic acids is 2. The molecule has 4 rings (SSSR count). The predicted molar refractivity (Wildman–Crippen MR) is 96.7 cm³/mol. The predicted octanol–water partition coefficient (Wildman–Crippen LogP) is 2.72. The van der Waals surface area contributed by atoms with Crippen LogP contribution in [-0.4, -0.2) is 52.9 Å². The van der Waals surface area contributed by atoms with Crippen molar-refractivity contribution in [2.24, 2.45) is 0 Å². The first kappa shape index (κ1) is 17.1. The van der Waals surface area contributed by atoms with Crippen LogP contribution in [0.5, 0.6) is 0 Å². The number of hydrogen-bond acceptors (Lipinski definition) is 4. The fraction of sp³-hybridized carbons (Fsp3) is 0.421. The quantitative estimate of drug-likeness (QED) is 0.829. The second-order valence-corrected chi connectivity index (χ2v) is 7.40. The van der Waals surface area contributed by atoms with Crippen molar-refractivity contribution in [1.82, 2.24) is 15.0 Å². The summed E-state index contributed by atoms with van der Waals surface area (Å²) in [6.07, 6.45) is 1.57. The third-order valence-corrected chi connectivity index (χ3v) is 5.55. The molecule has 2 fully saturated rings. The fourth-order valence-corrected chi connectivity index (χ4v) is 3.61. The summed E-state index contributed by atoms with van der Waals surface area (Å²) in [5.41, 5.74) is 1.01. The number of hydrogen-bond donors (Lipinski definition) is 0. The maximum absolute atomic E-state index is 13.1. The molecule has 2 aromatic rings. The lowest BCUT2D eigenvalue weighted by Crippen LogP contribution is -2.52. The molecule has 1 aromatic carbocycles. The highest BCUT2D eigenvalue weighted by atomic mass is 35.5. The van der Waals surface area contributed by atoms with Crippen molar-refractivity contribution in [3.8, 4) is 11.3 Å². The van der Waals surface area contributed by atoms with E-state index in [0.29, 0.717) is 42.7 Å². The second-order valence-electron chi connectivity index (χ2n) is 6.96. The summed E-state index contributed by atoms with van der Waals surface area (Å²) in [4.78, 5) is 28.2. The molecule has 0 spiro atoms. The number of benzene rings is 1. The third-order valence-electron chi connectivity index (χ3n) is 5.30. The molecule has 26 heavy (non-hydrogen) atoms. The summed E-state index contributed by atoms with van der Waals surface area (Å²) in [6.45, 7) is 3.88. The van der Waals surface area contributed by atoms with Crippen LogP contribution in [0.3, 0.4) is 0 Å². The Balaban J connectivity index is 1.50. The number of rotatable bonds is 3. The van der Waals surface area contributed by atoms with Crippen molar-refractivity contribution in [1.29, 1.82) is 0 Å². The van der Waals surface area contributed by atoms with E-state index in [1.54, 1.807) is 24.0 Å². The van der Waals surface area contributed by atoms with Crippen molar-refractivity contribution >= 4 is 23.4 Å². The highest BCUT2D eigenvalue weighted by molar-refractivity contribution is 6.30. The molecule has 2 amide bonds. The van der Waals surface area contributed by atoms with Gasteiger partial charge in [0.25, 0.3) is 0 Å². The fourth-order valence-electron chi connectivity index (χ4n) is 3.48. The molecule has 0 bridgehead atoms. The van der Waals surface area contributed by atoms with Gasteiger partial charge in [-0.2, -0.15) is 0 Å². The zero-order valence-corrected chi connectivity index (χ0v) is 15.3. The van der Waals surface area contributed by atoms with Crippen LogP contribution in [-0.2, 0) is 15.0 Å². The first-order valence-electron chi connectivity index (χ1n) is 8.78. The average Bonchev–Trinajstić information content (AvgIpc) is 3.31. The highest BCUT2D eigenvalue weighted by Gasteiger charge is 2.55. The number of carbonyl (C=O) groups is 2. The summed E-state index contributed by atoms with van der Waals surface area (Å²) >= 11 is 5.92. The van der Waals surface area contributed by atoms with Crippen molar-refractivity contribution < 1.29 is 14.1 Å².